The van der Waals surface area contributed by atoms with Gasteiger partial charge in [-0.15, -0.1) is 0 Å². The van der Waals surface area contributed by atoms with E-state index >= 15 is 0 Å². The SMILES string of the molecule is COc1cccc(Nc2nc(C)cc(Nc3cccc(C)c3C)n2)c1. The molecule has 0 aliphatic heterocycles. The Kier molecular flexibility index (Phi) is 4.84. The summed E-state index contributed by atoms with van der Waals surface area (Å²) in [6.07, 6.45) is 0. The summed E-state index contributed by atoms with van der Waals surface area (Å²) in [4.78, 5) is 9.04. The van der Waals surface area contributed by atoms with Crippen molar-refractivity contribution in [3.05, 3.63) is 65.4 Å². The maximum atomic E-state index is 5.25. The second kappa shape index (κ2) is 7.21. The zero-order valence-electron chi connectivity index (χ0n) is 14.9. The molecule has 0 unspecified atom stereocenters. The minimum Gasteiger partial charge on any atom is -0.497 e. The van der Waals surface area contributed by atoms with Crippen LogP contribution in [-0.4, -0.2) is 17.1 Å². The molecule has 5 nitrogen and oxygen atoms in total. The van der Waals surface area contributed by atoms with Gasteiger partial charge in [-0.25, -0.2) is 4.98 Å². The van der Waals surface area contributed by atoms with E-state index in [1.807, 2.05) is 43.3 Å². The minimum atomic E-state index is 0.543. The number of anilines is 4. The first-order chi connectivity index (χ1) is 12.0. The number of benzene rings is 2. The number of ether oxygens (including phenoxy) is 1. The molecule has 0 aliphatic carbocycles. The molecule has 25 heavy (non-hydrogen) atoms. The summed E-state index contributed by atoms with van der Waals surface area (Å²) in [5.74, 6) is 2.08. The maximum Gasteiger partial charge on any atom is 0.229 e. The molecule has 0 radical (unpaired) electrons. The topological polar surface area (TPSA) is 59.1 Å². The van der Waals surface area contributed by atoms with Crippen molar-refractivity contribution >= 4 is 23.1 Å². The first-order valence-corrected chi connectivity index (χ1v) is 8.15. The lowest BCUT2D eigenvalue weighted by atomic mass is 10.1. The Bertz CT molecular complexity index is 893. The van der Waals surface area contributed by atoms with Gasteiger partial charge < -0.3 is 15.4 Å². The molecule has 3 aromatic rings. The standard InChI is InChI=1S/C20H22N4O/c1-13-7-5-10-18(15(13)3)23-19-11-14(2)21-20(24-19)22-16-8-6-9-17(12-16)25-4/h5-12H,1-4H3,(H2,21,22,23,24). The molecule has 0 amide bonds. The molecule has 1 heterocycles. The van der Waals surface area contributed by atoms with Gasteiger partial charge in [0.15, 0.2) is 0 Å². The average Bonchev–Trinajstić information content (AvgIpc) is 2.59. The fourth-order valence-corrected chi connectivity index (χ4v) is 2.54. The minimum absolute atomic E-state index is 0.543. The molecular formula is C20H22N4O. The van der Waals surface area contributed by atoms with Crippen LogP contribution in [0.3, 0.4) is 0 Å². The van der Waals surface area contributed by atoms with Crippen LogP contribution < -0.4 is 15.4 Å². The van der Waals surface area contributed by atoms with Crippen LogP contribution in [0.1, 0.15) is 16.8 Å². The number of hydrogen-bond acceptors (Lipinski definition) is 5. The van der Waals surface area contributed by atoms with Gasteiger partial charge in [0.25, 0.3) is 0 Å². The Hall–Kier alpha value is -3.08. The fourth-order valence-electron chi connectivity index (χ4n) is 2.54. The predicted molar refractivity (Wildman–Crippen MR) is 102 cm³/mol. The first kappa shape index (κ1) is 16.8. The summed E-state index contributed by atoms with van der Waals surface area (Å²) in [5, 5.41) is 6.62. The zero-order valence-corrected chi connectivity index (χ0v) is 14.9. The van der Waals surface area contributed by atoms with E-state index in [-0.39, 0.29) is 0 Å². The largest absolute Gasteiger partial charge is 0.497 e. The molecule has 0 fully saturated rings. The Morgan fingerprint density at radius 2 is 1.68 bits per heavy atom. The van der Waals surface area contributed by atoms with Crippen LogP contribution in [0.5, 0.6) is 5.75 Å². The molecule has 0 bridgehead atoms. The molecule has 5 heteroatoms. The van der Waals surface area contributed by atoms with E-state index in [1.165, 1.54) is 11.1 Å². The number of nitrogens with one attached hydrogen (secondary N) is 2. The fraction of sp³-hybridized carbons (Fsp3) is 0.200. The van der Waals surface area contributed by atoms with Crippen molar-refractivity contribution in [1.29, 1.82) is 0 Å². The van der Waals surface area contributed by atoms with Crippen molar-refractivity contribution in [1.82, 2.24) is 9.97 Å². The van der Waals surface area contributed by atoms with E-state index in [2.05, 4.69) is 46.6 Å². The van der Waals surface area contributed by atoms with Crippen LogP contribution in [0.25, 0.3) is 0 Å². The lowest BCUT2D eigenvalue weighted by Gasteiger charge is -2.13. The highest BCUT2D eigenvalue weighted by Gasteiger charge is 2.06. The van der Waals surface area contributed by atoms with Gasteiger partial charge in [-0.2, -0.15) is 4.98 Å². The molecule has 0 atom stereocenters. The Labute approximate surface area is 148 Å². The van der Waals surface area contributed by atoms with Gasteiger partial charge in [0.1, 0.15) is 11.6 Å². The van der Waals surface area contributed by atoms with Gasteiger partial charge >= 0.3 is 0 Å². The summed E-state index contributed by atoms with van der Waals surface area (Å²) in [5.41, 5.74) is 5.26. The summed E-state index contributed by atoms with van der Waals surface area (Å²) in [6.45, 7) is 6.15. The zero-order chi connectivity index (χ0) is 17.8. The summed E-state index contributed by atoms with van der Waals surface area (Å²) in [6, 6.07) is 15.8. The molecule has 0 aliphatic rings. The number of hydrogen-bond donors (Lipinski definition) is 2. The Morgan fingerprint density at radius 3 is 2.48 bits per heavy atom. The van der Waals surface area contributed by atoms with Gasteiger partial charge in [0.05, 0.1) is 7.11 Å². The molecule has 0 saturated heterocycles. The van der Waals surface area contributed by atoms with Crippen molar-refractivity contribution in [3.63, 3.8) is 0 Å². The number of nitrogens with zero attached hydrogens (tertiary/aromatic N) is 2. The smallest absolute Gasteiger partial charge is 0.229 e. The number of aryl methyl sites for hydroxylation is 2. The monoisotopic (exact) mass is 334 g/mol. The van der Waals surface area contributed by atoms with E-state index in [0.717, 1.165) is 28.6 Å². The average molecular weight is 334 g/mol. The molecule has 2 N–H and O–H groups in total. The second-order valence-corrected chi connectivity index (χ2v) is 5.95. The predicted octanol–water partition coefficient (Wildman–Crippen LogP) is 4.90. The third-order valence-electron chi connectivity index (χ3n) is 4.05. The first-order valence-electron chi connectivity index (χ1n) is 8.15. The molecule has 1 aromatic heterocycles. The highest BCUT2D eigenvalue weighted by atomic mass is 16.5. The Morgan fingerprint density at radius 1 is 0.880 bits per heavy atom. The van der Waals surface area contributed by atoms with Crippen molar-refractivity contribution in [3.8, 4) is 5.75 Å². The van der Waals surface area contributed by atoms with Crippen molar-refractivity contribution in [2.24, 2.45) is 0 Å². The summed E-state index contributed by atoms with van der Waals surface area (Å²) >= 11 is 0. The quantitative estimate of drug-likeness (QED) is 0.695. The second-order valence-electron chi connectivity index (χ2n) is 5.95. The lowest BCUT2D eigenvalue weighted by molar-refractivity contribution is 0.415. The van der Waals surface area contributed by atoms with E-state index in [4.69, 9.17) is 4.74 Å². The van der Waals surface area contributed by atoms with Crippen LogP contribution in [-0.2, 0) is 0 Å². The third kappa shape index (κ3) is 4.07. The van der Waals surface area contributed by atoms with Gasteiger partial charge in [0.2, 0.25) is 5.95 Å². The summed E-state index contributed by atoms with van der Waals surface area (Å²) in [7, 11) is 1.65. The molecule has 3 rings (SSSR count). The highest BCUT2D eigenvalue weighted by molar-refractivity contribution is 5.64. The number of methoxy groups -OCH3 is 1. The van der Waals surface area contributed by atoms with Gasteiger partial charge in [-0.1, -0.05) is 18.2 Å². The molecular weight excluding hydrogens is 312 g/mol. The highest BCUT2D eigenvalue weighted by Crippen LogP contribution is 2.24. The van der Waals surface area contributed by atoms with Crippen LogP contribution >= 0.6 is 0 Å². The van der Waals surface area contributed by atoms with Crippen LogP contribution in [0.15, 0.2) is 48.5 Å². The maximum absolute atomic E-state index is 5.25. The van der Waals surface area contributed by atoms with Crippen LogP contribution in [0, 0.1) is 20.8 Å². The van der Waals surface area contributed by atoms with Crippen molar-refractivity contribution in [2.45, 2.75) is 20.8 Å². The normalized spacial score (nSPS) is 10.4. The third-order valence-corrected chi connectivity index (χ3v) is 4.05. The van der Waals surface area contributed by atoms with Gasteiger partial charge in [-0.05, 0) is 50.1 Å². The van der Waals surface area contributed by atoms with Crippen molar-refractivity contribution in [2.75, 3.05) is 17.7 Å². The Balaban J connectivity index is 1.86. The lowest BCUT2D eigenvalue weighted by Crippen LogP contribution is -2.03. The van der Waals surface area contributed by atoms with Crippen LogP contribution in [0.2, 0.25) is 0 Å². The molecule has 0 saturated carbocycles. The van der Waals surface area contributed by atoms with Gasteiger partial charge in [0, 0.05) is 29.2 Å². The van der Waals surface area contributed by atoms with Crippen LogP contribution in [0.4, 0.5) is 23.1 Å². The summed E-state index contributed by atoms with van der Waals surface area (Å²) < 4.78 is 5.25. The van der Waals surface area contributed by atoms with E-state index in [9.17, 15) is 0 Å². The number of aromatic nitrogens is 2. The molecule has 0 spiro atoms. The molecule has 2 aromatic carbocycles. The van der Waals surface area contributed by atoms with Crippen molar-refractivity contribution < 1.29 is 4.74 Å². The van der Waals surface area contributed by atoms with E-state index in [0.29, 0.717) is 5.95 Å². The van der Waals surface area contributed by atoms with E-state index < -0.39 is 0 Å². The van der Waals surface area contributed by atoms with E-state index in [1.54, 1.807) is 7.11 Å². The molecule has 128 valence electrons. The number of rotatable bonds is 5. The van der Waals surface area contributed by atoms with Gasteiger partial charge in [-0.3, -0.25) is 0 Å².